The number of nitrogens with zero attached hydrogens (tertiary/aromatic N) is 1. The van der Waals surface area contributed by atoms with Crippen LogP contribution in [0.2, 0.25) is 0 Å². The topological polar surface area (TPSA) is 63.7 Å². The first-order valence-corrected chi connectivity index (χ1v) is 12.1. The second-order valence-electron chi connectivity index (χ2n) is 9.65. The zero-order chi connectivity index (χ0) is 23.8. The van der Waals surface area contributed by atoms with Gasteiger partial charge in [0.25, 0.3) is 0 Å². The molecular weight excluding hydrogens is 438 g/mol. The number of carbonyl (C=O) groups is 3. The lowest BCUT2D eigenvalue weighted by Gasteiger charge is -2.47. The van der Waals surface area contributed by atoms with E-state index in [1.807, 2.05) is 24.3 Å². The lowest BCUT2D eigenvalue weighted by atomic mass is 9.53. The van der Waals surface area contributed by atoms with E-state index in [4.69, 9.17) is 4.74 Å². The van der Waals surface area contributed by atoms with E-state index in [-0.39, 0.29) is 36.8 Å². The molecule has 4 aromatic carbocycles. The molecule has 0 unspecified atom stereocenters. The van der Waals surface area contributed by atoms with Gasteiger partial charge in [0, 0.05) is 11.8 Å². The molecule has 0 saturated carbocycles. The highest BCUT2D eigenvalue weighted by atomic mass is 16.5. The maximum absolute atomic E-state index is 13.8. The van der Waals surface area contributed by atoms with Gasteiger partial charge in [0.15, 0.2) is 0 Å². The Bertz CT molecular complexity index is 1480. The summed E-state index contributed by atoms with van der Waals surface area (Å²) >= 11 is 0. The molecule has 1 saturated heterocycles. The van der Waals surface area contributed by atoms with Crippen LogP contribution in [0.1, 0.15) is 41.0 Å². The predicted molar refractivity (Wildman–Crippen MR) is 132 cm³/mol. The zero-order valence-corrected chi connectivity index (χ0v) is 19.2. The van der Waals surface area contributed by atoms with E-state index >= 15 is 0 Å². The number of likely N-dealkylation sites (tertiary alicyclic amines) is 1. The first kappa shape index (κ1) is 20.4. The molecule has 0 N–H and O–H groups in total. The number of ether oxygens (including phenoxy) is 1. The van der Waals surface area contributed by atoms with Crippen molar-refractivity contribution in [3.63, 3.8) is 0 Å². The third kappa shape index (κ3) is 2.61. The standard InChI is InChI=1S/C30H23NO4/c1-2-35-22(32)15-31-29(33)27-25-21-14-12-17-8-4-6-10-19(17)24(21)26(28(27)30(31)34)20-13-11-16-7-3-5-9-18(16)23(20)25/h3-14,25-28H,2,15H2,1H3/t25-,26-,27-,28-/m0/s1. The van der Waals surface area contributed by atoms with Gasteiger partial charge in [0.05, 0.1) is 18.4 Å². The van der Waals surface area contributed by atoms with Crippen molar-refractivity contribution in [3.05, 3.63) is 95.1 Å². The number of hydrogen-bond acceptors (Lipinski definition) is 4. The number of amides is 2. The van der Waals surface area contributed by atoms with Crippen LogP contribution in [-0.4, -0.2) is 35.8 Å². The summed E-state index contributed by atoms with van der Waals surface area (Å²) in [7, 11) is 0. The smallest absolute Gasteiger partial charge is 0.326 e. The van der Waals surface area contributed by atoms with Gasteiger partial charge in [0.1, 0.15) is 6.54 Å². The fraction of sp³-hybridized carbons (Fsp3) is 0.233. The number of hydrogen-bond donors (Lipinski definition) is 0. The van der Waals surface area contributed by atoms with E-state index in [0.29, 0.717) is 0 Å². The van der Waals surface area contributed by atoms with Gasteiger partial charge in [-0.15, -0.1) is 0 Å². The molecule has 4 aliphatic rings. The Morgan fingerprint density at radius 3 is 1.71 bits per heavy atom. The van der Waals surface area contributed by atoms with E-state index in [9.17, 15) is 14.4 Å². The van der Waals surface area contributed by atoms with Crippen LogP contribution in [0.3, 0.4) is 0 Å². The Kier molecular flexibility index (Phi) is 4.23. The van der Waals surface area contributed by atoms with Crippen LogP contribution in [0.4, 0.5) is 0 Å². The zero-order valence-electron chi connectivity index (χ0n) is 19.2. The molecule has 4 atom stereocenters. The largest absolute Gasteiger partial charge is 0.465 e. The fourth-order valence-electron chi connectivity index (χ4n) is 6.89. The Morgan fingerprint density at radius 2 is 1.23 bits per heavy atom. The summed E-state index contributed by atoms with van der Waals surface area (Å²) in [6.07, 6.45) is 0. The van der Waals surface area contributed by atoms with E-state index in [2.05, 4.69) is 48.5 Å². The van der Waals surface area contributed by atoms with Crippen molar-refractivity contribution < 1.29 is 19.1 Å². The van der Waals surface area contributed by atoms with Crippen molar-refractivity contribution >= 4 is 39.3 Å². The number of imide groups is 1. The molecule has 0 aromatic heterocycles. The predicted octanol–water partition coefficient (Wildman–Crippen LogP) is 4.75. The van der Waals surface area contributed by atoms with E-state index in [1.54, 1.807) is 6.92 Å². The SMILES string of the molecule is CCOC(=O)CN1C(=O)[C@H]2[C@H]3c4ccc5ccccc5c4[C@H](c4ccc5ccccc5c43)[C@@H]2C1=O. The van der Waals surface area contributed by atoms with Gasteiger partial charge in [-0.2, -0.15) is 0 Å². The third-order valence-corrected chi connectivity index (χ3v) is 8.10. The van der Waals surface area contributed by atoms with Gasteiger partial charge in [-0.05, 0) is 50.7 Å². The number of fused-ring (bicyclic) bond motifs is 2. The van der Waals surface area contributed by atoms with Crippen LogP contribution in [0.15, 0.2) is 72.8 Å². The molecule has 1 heterocycles. The minimum atomic E-state index is -0.550. The van der Waals surface area contributed by atoms with Crippen LogP contribution in [0.25, 0.3) is 21.5 Å². The summed E-state index contributed by atoms with van der Waals surface area (Å²) in [6.45, 7) is 1.60. The molecule has 2 amide bonds. The summed E-state index contributed by atoms with van der Waals surface area (Å²) < 4.78 is 5.08. The average molecular weight is 462 g/mol. The summed E-state index contributed by atoms with van der Waals surface area (Å²) in [4.78, 5) is 41.0. The molecule has 4 aromatic rings. The highest BCUT2D eigenvalue weighted by Gasteiger charge is 2.62. The van der Waals surface area contributed by atoms with Crippen molar-refractivity contribution in [2.45, 2.75) is 18.8 Å². The van der Waals surface area contributed by atoms with Gasteiger partial charge >= 0.3 is 5.97 Å². The monoisotopic (exact) mass is 461 g/mol. The van der Waals surface area contributed by atoms with Crippen LogP contribution in [0.5, 0.6) is 0 Å². The number of benzene rings is 4. The molecule has 172 valence electrons. The molecule has 3 aliphatic carbocycles. The highest BCUT2D eigenvalue weighted by molar-refractivity contribution is 6.10. The van der Waals surface area contributed by atoms with Crippen molar-refractivity contribution in [3.8, 4) is 0 Å². The number of esters is 1. The first-order valence-electron chi connectivity index (χ1n) is 12.1. The molecular formula is C30H23NO4. The molecule has 5 heteroatoms. The van der Waals surface area contributed by atoms with Crippen LogP contribution in [-0.2, 0) is 19.1 Å². The summed E-state index contributed by atoms with van der Waals surface area (Å²) in [5.74, 6) is -2.60. The quantitative estimate of drug-likeness (QED) is 0.326. The molecule has 0 radical (unpaired) electrons. The normalized spacial score (nSPS) is 24.0. The third-order valence-electron chi connectivity index (χ3n) is 8.10. The minimum absolute atomic E-state index is 0.210. The van der Waals surface area contributed by atoms with Gasteiger partial charge in [-0.1, -0.05) is 72.8 Å². The van der Waals surface area contributed by atoms with Crippen molar-refractivity contribution in [1.29, 1.82) is 0 Å². The molecule has 35 heavy (non-hydrogen) atoms. The Morgan fingerprint density at radius 1 is 0.743 bits per heavy atom. The molecule has 1 fully saturated rings. The van der Waals surface area contributed by atoms with Gasteiger partial charge in [-0.25, -0.2) is 0 Å². The summed E-state index contributed by atoms with van der Waals surface area (Å²) in [5, 5.41) is 4.50. The van der Waals surface area contributed by atoms with Crippen LogP contribution in [0, 0.1) is 11.8 Å². The van der Waals surface area contributed by atoms with Gasteiger partial charge in [0.2, 0.25) is 11.8 Å². The Labute approximate surface area is 202 Å². The van der Waals surface area contributed by atoms with Gasteiger partial charge < -0.3 is 4.74 Å². The number of rotatable bonds is 3. The second kappa shape index (κ2) is 7.25. The van der Waals surface area contributed by atoms with Crippen molar-refractivity contribution in [2.75, 3.05) is 13.2 Å². The average Bonchev–Trinajstić information content (AvgIpc) is 3.14. The molecule has 5 nitrogen and oxygen atoms in total. The first-order chi connectivity index (χ1) is 17.1. The Balaban J connectivity index is 1.50. The highest BCUT2D eigenvalue weighted by Crippen LogP contribution is 2.63. The molecule has 2 bridgehead atoms. The lowest BCUT2D eigenvalue weighted by Crippen LogP contribution is -2.41. The molecule has 1 aliphatic heterocycles. The molecule has 8 rings (SSSR count). The number of carbonyl (C=O) groups excluding carboxylic acids is 3. The summed E-state index contributed by atoms with van der Waals surface area (Å²) in [6, 6.07) is 25.0. The maximum Gasteiger partial charge on any atom is 0.326 e. The van der Waals surface area contributed by atoms with Crippen molar-refractivity contribution in [1.82, 2.24) is 4.90 Å². The Hall–Kier alpha value is -3.99. The van der Waals surface area contributed by atoms with E-state index in [0.717, 1.165) is 48.7 Å². The van der Waals surface area contributed by atoms with Gasteiger partial charge in [-0.3, -0.25) is 19.3 Å². The lowest BCUT2D eigenvalue weighted by molar-refractivity contribution is -0.152. The summed E-state index contributed by atoms with van der Waals surface area (Å²) in [5.41, 5.74) is 4.54. The van der Waals surface area contributed by atoms with Crippen LogP contribution >= 0.6 is 0 Å². The second-order valence-corrected chi connectivity index (χ2v) is 9.65. The van der Waals surface area contributed by atoms with E-state index < -0.39 is 17.8 Å². The maximum atomic E-state index is 13.8. The van der Waals surface area contributed by atoms with Crippen LogP contribution < -0.4 is 0 Å². The minimum Gasteiger partial charge on any atom is -0.465 e. The van der Waals surface area contributed by atoms with E-state index in [1.165, 1.54) is 0 Å². The van der Waals surface area contributed by atoms with Crippen molar-refractivity contribution in [2.24, 2.45) is 11.8 Å². The molecule has 0 spiro atoms. The fourth-order valence-corrected chi connectivity index (χ4v) is 6.89.